The molecule has 14 heavy (non-hydrogen) atoms. The quantitative estimate of drug-likeness (QED) is 0.783. The van der Waals surface area contributed by atoms with Crippen LogP contribution in [0.15, 0.2) is 18.2 Å². The van der Waals surface area contributed by atoms with Crippen molar-refractivity contribution in [3.63, 3.8) is 0 Å². The standard InChI is InChI=1S/C11H15N3/c1-3-14-10(7-12)11-8(2)5-4-6-9(11)13-14/h4-6H,3,7,12H2,1-2H3. The molecule has 0 aliphatic rings. The van der Waals surface area contributed by atoms with Gasteiger partial charge in [-0.1, -0.05) is 12.1 Å². The van der Waals surface area contributed by atoms with E-state index < -0.39 is 0 Å². The fourth-order valence-corrected chi connectivity index (χ4v) is 1.90. The average molecular weight is 189 g/mol. The van der Waals surface area contributed by atoms with Crippen LogP contribution in [0.3, 0.4) is 0 Å². The van der Waals surface area contributed by atoms with Crippen LogP contribution in [-0.2, 0) is 13.1 Å². The first-order valence-electron chi connectivity index (χ1n) is 4.93. The zero-order valence-electron chi connectivity index (χ0n) is 8.62. The van der Waals surface area contributed by atoms with E-state index in [0.717, 1.165) is 17.8 Å². The van der Waals surface area contributed by atoms with E-state index in [1.54, 1.807) is 0 Å². The highest BCUT2D eigenvalue weighted by Crippen LogP contribution is 2.21. The van der Waals surface area contributed by atoms with E-state index in [9.17, 15) is 0 Å². The molecule has 3 heteroatoms. The number of nitrogens with zero attached hydrogens (tertiary/aromatic N) is 2. The van der Waals surface area contributed by atoms with Crippen molar-refractivity contribution in [1.29, 1.82) is 0 Å². The summed E-state index contributed by atoms with van der Waals surface area (Å²) in [5.41, 5.74) is 9.19. The van der Waals surface area contributed by atoms with Gasteiger partial charge < -0.3 is 5.73 Å². The number of hydrogen-bond acceptors (Lipinski definition) is 2. The zero-order valence-corrected chi connectivity index (χ0v) is 8.62. The van der Waals surface area contributed by atoms with Crippen molar-refractivity contribution in [1.82, 2.24) is 9.78 Å². The Morgan fingerprint density at radius 2 is 2.21 bits per heavy atom. The fourth-order valence-electron chi connectivity index (χ4n) is 1.90. The lowest BCUT2D eigenvalue weighted by Crippen LogP contribution is -2.07. The smallest absolute Gasteiger partial charge is 0.0929 e. The van der Waals surface area contributed by atoms with Crippen molar-refractivity contribution >= 4 is 10.9 Å². The average Bonchev–Trinajstić information content (AvgIpc) is 2.56. The van der Waals surface area contributed by atoms with Gasteiger partial charge in [0.15, 0.2) is 0 Å². The number of fused-ring (bicyclic) bond motifs is 1. The van der Waals surface area contributed by atoms with Crippen LogP contribution in [0.25, 0.3) is 10.9 Å². The molecule has 0 aliphatic carbocycles. The van der Waals surface area contributed by atoms with Gasteiger partial charge in [-0.2, -0.15) is 5.10 Å². The maximum absolute atomic E-state index is 5.74. The second-order valence-electron chi connectivity index (χ2n) is 3.44. The minimum Gasteiger partial charge on any atom is -0.325 e. The van der Waals surface area contributed by atoms with Crippen LogP contribution in [0.4, 0.5) is 0 Å². The van der Waals surface area contributed by atoms with Crippen LogP contribution in [-0.4, -0.2) is 9.78 Å². The number of benzene rings is 1. The Balaban J connectivity index is 2.81. The van der Waals surface area contributed by atoms with Gasteiger partial charge in [0.1, 0.15) is 0 Å². The summed E-state index contributed by atoms with van der Waals surface area (Å²) in [7, 11) is 0. The van der Waals surface area contributed by atoms with Crippen LogP contribution < -0.4 is 5.73 Å². The first-order valence-corrected chi connectivity index (χ1v) is 4.93. The van der Waals surface area contributed by atoms with E-state index in [2.05, 4.69) is 25.0 Å². The lowest BCUT2D eigenvalue weighted by molar-refractivity contribution is 0.630. The third-order valence-electron chi connectivity index (χ3n) is 2.57. The number of rotatable bonds is 2. The summed E-state index contributed by atoms with van der Waals surface area (Å²) in [6.45, 7) is 5.61. The SMILES string of the molecule is CCn1nc2cccc(C)c2c1CN. The van der Waals surface area contributed by atoms with Crippen molar-refractivity contribution < 1.29 is 0 Å². The molecule has 1 heterocycles. The molecule has 0 spiro atoms. The molecule has 0 saturated carbocycles. The Hall–Kier alpha value is -1.35. The topological polar surface area (TPSA) is 43.8 Å². The Morgan fingerprint density at radius 1 is 1.43 bits per heavy atom. The van der Waals surface area contributed by atoms with Crippen LogP contribution in [0.2, 0.25) is 0 Å². The van der Waals surface area contributed by atoms with Crippen molar-refractivity contribution in [2.75, 3.05) is 0 Å². The van der Waals surface area contributed by atoms with Gasteiger partial charge in [0, 0.05) is 18.5 Å². The molecule has 0 unspecified atom stereocenters. The predicted octanol–water partition coefficient (Wildman–Crippen LogP) is 1.82. The van der Waals surface area contributed by atoms with Gasteiger partial charge in [-0.15, -0.1) is 0 Å². The molecule has 0 atom stereocenters. The molecule has 0 aliphatic heterocycles. The van der Waals surface area contributed by atoms with E-state index in [-0.39, 0.29) is 0 Å². The maximum atomic E-state index is 5.74. The summed E-state index contributed by atoms with van der Waals surface area (Å²) in [4.78, 5) is 0. The van der Waals surface area contributed by atoms with Gasteiger partial charge >= 0.3 is 0 Å². The molecule has 0 saturated heterocycles. The third kappa shape index (κ3) is 1.21. The second-order valence-corrected chi connectivity index (χ2v) is 3.44. The van der Waals surface area contributed by atoms with Gasteiger partial charge in [-0.3, -0.25) is 4.68 Å². The summed E-state index contributed by atoms with van der Waals surface area (Å²) in [5, 5.41) is 5.72. The van der Waals surface area contributed by atoms with Crippen LogP contribution in [0.5, 0.6) is 0 Å². The molecular weight excluding hydrogens is 174 g/mol. The number of aryl methyl sites for hydroxylation is 2. The van der Waals surface area contributed by atoms with Gasteiger partial charge in [0.2, 0.25) is 0 Å². The van der Waals surface area contributed by atoms with E-state index in [4.69, 9.17) is 5.73 Å². The highest BCUT2D eigenvalue weighted by atomic mass is 15.3. The number of hydrogen-bond donors (Lipinski definition) is 1. The van der Waals surface area contributed by atoms with Gasteiger partial charge in [0.25, 0.3) is 0 Å². The van der Waals surface area contributed by atoms with Crippen LogP contribution in [0, 0.1) is 6.92 Å². The number of nitrogens with two attached hydrogens (primary N) is 1. The van der Waals surface area contributed by atoms with Crippen molar-refractivity contribution in [3.05, 3.63) is 29.5 Å². The zero-order chi connectivity index (χ0) is 10.1. The van der Waals surface area contributed by atoms with Gasteiger partial charge in [0.05, 0.1) is 11.2 Å². The largest absolute Gasteiger partial charge is 0.325 e. The van der Waals surface area contributed by atoms with Crippen molar-refractivity contribution in [2.45, 2.75) is 26.9 Å². The first kappa shape index (κ1) is 9.21. The predicted molar refractivity (Wildman–Crippen MR) is 58.0 cm³/mol. The van der Waals surface area contributed by atoms with Gasteiger partial charge in [-0.25, -0.2) is 0 Å². The third-order valence-corrected chi connectivity index (χ3v) is 2.57. The Labute approximate surface area is 83.5 Å². The molecule has 3 nitrogen and oxygen atoms in total. The van der Waals surface area contributed by atoms with E-state index in [1.165, 1.54) is 10.9 Å². The van der Waals surface area contributed by atoms with E-state index in [0.29, 0.717) is 6.54 Å². The molecule has 0 fully saturated rings. The molecule has 2 aromatic rings. The minimum absolute atomic E-state index is 0.551. The van der Waals surface area contributed by atoms with Crippen molar-refractivity contribution in [3.8, 4) is 0 Å². The summed E-state index contributed by atoms with van der Waals surface area (Å²) in [5.74, 6) is 0. The summed E-state index contributed by atoms with van der Waals surface area (Å²) in [6.07, 6.45) is 0. The second kappa shape index (κ2) is 3.42. The highest BCUT2D eigenvalue weighted by molar-refractivity contribution is 5.84. The van der Waals surface area contributed by atoms with Crippen LogP contribution in [0.1, 0.15) is 18.2 Å². The fraction of sp³-hybridized carbons (Fsp3) is 0.364. The molecule has 1 aromatic heterocycles. The Kier molecular flexibility index (Phi) is 2.25. The summed E-state index contributed by atoms with van der Waals surface area (Å²) >= 11 is 0. The normalized spacial score (nSPS) is 11.1. The molecular formula is C11H15N3. The molecule has 74 valence electrons. The summed E-state index contributed by atoms with van der Waals surface area (Å²) < 4.78 is 1.98. The minimum atomic E-state index is 0.551. The van der Waals surface area contributed by atoms with E-state index >= 15 is 0 Å². The Morgan fingerprint density at radius 3 is 2.86 bits per heavy atom. The first-order chi connectivity index (χ1) is 6.77. The molecule has 0 bridgehead atoms. The monoisotopic (exact) mass is 189 g/mol. The molecule has 2 N–H and O–H groups in total. The maximum Gasteiger partial charge on any atom is 0.0929 e. The van der Waals surface area contributed by atoms with Crippen LogP contribution >= 0.6 is 0 Å². The molecule has 2 rings (SSSR count). The van der Waals surface area contributed by atoms with E-state index in [1.807, 2.05) is 16.8 Å². The molecule has 0 radical (unpaired) electrons. The summed E-state index contributed by atoms with van der Waals surface area (Å²) in [6, 6.07) is 6.17. The number of aromatic nitrogens is 2. The Bertz CT molecular complexity index is 457. The van der Waals surface area contributed by atoms with Gasteiger partial charge in [-0.05, 0) is 25.5 Å². The van der Waals surface area contributed by atoms with Crippen molar-refractivity contribution in [2.24, 2.45) is 5.73 Å². The molecule has 0 amide bonds. The highest BCUT2D eigenvalue weighted by Gasteiger charge is 2.09. The lowest BCUT2D eigenvalue weighted by atomic mass is 10.1. The molecule has 1 aromatic carbocycles. The lowest BCUT2D eigenvalue weighted by Gasteiger charge is -2.02.